The van der Waals surface area contributed by atoms with Gasteiger partial charge >= 0.3 is 0 Å². The molecule has 0 saturated heterocycles. The highest BCUT2D eigenvalue weighted by Gasteiger charge is 2.07. The molecule has 0 aromatic heterocycles. The number of aliphatic hydroxyl groups is 1. The summed E-state index contributed by atoms with van der Waals surface area (Å²) in [5, 5.41) is 13.3. The fourth-order valence-corrected chi connectivity index (χ4v) is 1.83. The molecule has 0 bridgehead atoms. The van der Waals surface area contributed by atoms with Gasteiger partial charge in [-0.25, -0.2) is 0 Å². The zero-order valence-corrected chi connectivity index (χ0v) is 12.5. The Hall–Kier alpha value is -0.900. The Morgan fingerprint density at radius 3 is 2.16 bits per heavy atom. The summed E-state index contributed by atoms with van der Waals surface area (Å²) < 4.78 is 5.43. The van der Waals surface area contributed by atoms with E-state index in [0.29, 0.717) is 19.1 Å². The summed E-state index contributed by atoms with van der Waals surface area (Å²) in [5.74, 6) is 0.525. The average Bonchev–Trinajstić information content (AvgIpc) is 2.37. The van der Waals surface area contributed by atoms with E-state index in [-0.39, 0.29) is 6.10 Å². The molecular weight excluding hydrogens is 238 g/mol. The predicted molar refractivity (Wildman–Crippen MR) is 79.4 cm³/mol. The van der Waals surface area contributed by atoms with Crippen molar-refractivity contribution in [3.63, 3.8) is 0 Å². The van der Waals surface area contributed by atoms with E-state index in [4.69, 9.17) is 4.74 Å². The molecule has 1 aromatic carbocycles. The lowest BCUT2D eigenvalue weighted by Gasteiger charge is -2.14. The van der Waals surface area contributed by atoms with Crippen LogP contribution in [0.2, 0.25) is 0 Å². The molecule has 108 valence electrons. The van der Waals surface area contributed by atoms with E-state index in [9.17, 15) is 5.11 Å². The molecule has 1 aromatic rings. The van der Waals surface area contributed by atoms with Crippen molar-refractivity contribution in [2.45, 2.75) is 45.8 Å². The van der Waals surface area contributed by atoms with Crippen LogP contribution in [0.25, 0.3) is 0 Å². The van der Waals surface area contributed by atoms with Gasteiger partial charge in [-0.05, 0) is 30.9 Å². The maximum atomic E-state index is 10.1. The SMILES string of the molecule is CC(C)OCCNCC(O)c1ccc(C(C)C)cc1. The van der Waals surface area contributed by atoms with Gasteiger partial charge in [0.05, 0.1) is 18.8 Å². The first-order valence-electron chi connectivity index (χ1n) is 7.11. The number of hydrogen-bond donors (Lipinski definition) is 2. The van der Waals surface area contributed by atoms with Gasteiger partial charge in [-0.3, -0.25) is 0 Å². The first-order chi connectivity index (χ1) is 9.00. The Balaban J connectivity index is 2.31. The third-order valence-corrected chi connectivity index (χ3v) is 3.06. The zero-order valence-electron chi connectivity index (χ0n) is 12.5. The maximum Gasteiger partial charge on any atom is 0.0914 e. The normalized spacial score (nSPS) is 13.2. The molecule has 0 aliphatic carbocycles. The van der Waals surface area contributed by atoms with E-state index < -0.39 is 6.10 Å². The summed E-state index contributed by atoms with van der Waals surface area (Å²) in [6, 6.07) is 8.19. The molecule has 2 N–H and O–H groups in total. The lowest BCUT2D eigenvalue weighted by Crippen LogP contribution is -2.26. The van der Waals surface area contributed by atoms with Crippen LogP contribution < -0.4 is 5.32 Å². The van der Waals surface area contributed by atoms with Crippen LogP contribution in [0.4, 0.5) is 0 Å². The monoisotopic (exact) mass is 265 g/mol. The largest absolute Gasteiger partial charge is 0.387 e. The zero-order chi connectivity index (χ0) is 14.3. The van der Waals surface area contributed by atoms with Crippen molar-refractivity contribution in [3.8, 4) is 0 Å². The Kier molecular flexibility index (Phi) is 7.06. The predicted octanol–water partition coefficient (Wildman–Crippen LogP) is 2.86. The Morgan fingerprint density at radius 1 is 1.05 bits per heavy atom. The van der Waals surface area contributed by atoms with Gasteiger partial charge in [0.25, 0.3) is 0 Å². The highest BCUT2D eigenvalue weighted by atomic mass is 16.5. The third kappa shape index (κ3) is 6.19. The minimum Gasteiger partial charge on any atom is -0.387 e. The maximum absolute atomic E-state index is 10.1. The number of rotatable bonds is 8. The molecule has 1 rings (SSSR count). The second-order valence-electron chi connectivity index (χ2n) is 5.46. The van der Waals surface area contributed by atoms with Crippen molar-refractivity contribution in [2.75, 3.05) is 19.7 Å². The second-order valence-corrected chi connectivity index (χ2v) is 5.46. The van der Waals surface area contributed by atoms with Crippen LogP contribution in [0, 0.1) is 0 Å². The van der Waals surface area contributed by atoms with Crippen LogP contribution in [0.5, 0.6) is 0 Å². The van der Waals surface area contributed by atoms with Gasteiger partial charge in [0.1, 0.15) is 0 Å². The van der Waals surface area contributed by atoms with Gasteiger partial charge in [-0.1, -0.05) is 38.1 Å². The molecule has 3 heteroatoms. The van der Waals surface area contributed by atoms with Crippen molar-refractivity contribution in [3.05, 3.63) is 35.4 Å². The third-order valence-electron chi connectivity index (χ3n) is 3.06. The molecule has 0 aliphatic rings. The van der Waals surface area contributed by atoms with Gasteiger partial charge in [0.15, 0.2) is 0 Å². The van der Waals surface area contributed by atoms with Crippen LogP contribution in [0.3, 0.4) is 0 Å². The standard InChI is InChI=1S/C16H27NO2/c1-12(2)14-5-7-15(8-6-14)16(18)11-17-9-10-19-13(3)4/h5-8,12-13,16-18H,9-11H2,1-4H3. The van der Waals surface area contributed by atoms with E-state index >= 15 is 0 Å². The fourth-order valence-electron chi connectivity index (χ4n) is 1.83. The molecule has 3 nitrogen and oxygen atoms in total. The Labute approximate surface area is 117 Å². The number of aliphatic hydroxyl groups excluding tert-OH is 1. The molecule has 0 heterocycles. The molecule has 1 atom stereocenters. The Bertz CT molecular complexity index is 346. The van der Waals surface area contributed by atoms with Crippen LogP contribution in [0.15, 0.2) is 24.3 Å². The molecule has 0 radical (unpaired) electrons. The summed E-state index contributed by atoms with van der Waals surface area (Å²) >= 11 is 0. The summed E-state index contributed by atoms with van der Waals surface area (Å²) in [6.07, 6.45) is -0.199. The van der Waals surface area contributed by atoms with Gasteiger partial charge in [0, 0.05) is 13.1 Å². The highest BCUT2D eigenvalue weighted by Crippen LogP contribution is 2.18. The van der Waals surface area contributed by atoms with Crippen molar-refractivity contribution >= 4 is 0 Å². The number of ether oxygens (including phenoxy) is 1. The first kappa shape index (κ1) is 16.2. The topological polar surface area (TPSA) is 41.5 Å². The molecule has 0 fully saturated rings. The lowest BCUT2D eigenvalue weighted by atomic mass is 10.00. The molecule has 0 amide bonds. The quantitative estimate of drug-likeness (QED) is 0.710. The van der Waals surface area contributed by atoms with Crippen molar-refractivity contribution in [1.29, 1.82) is 0 Å². The van der Waals surface area contributed by atoms with Gasteiger partial charge in [-0.2, -0.15) is 0 Å². The van der Waals surface area contributed by atoms with E-state index in [1.165, 1.54) is 5.56 Å². The summed E-state index contributed by atoms with van der Waals surface area (Å²) in [5.41, 5.74) is 2.26. The van der Waals surface area contributed by atoms with E-state index in [1.54, 1.807) is 0 Å². The average molecular weight is 265 g/mol. The number of benzene rings is 1. The van der Waals surface area contributed by atoms with Crippen LogP contribution >= 0.6 is 0 Å². The molecule has 1 unspecified atom stereocenters. The van der Waals surface area contributed by atoms with Crippen molar-refractivity contribution < 1.29 is 9.84 Å². The van der Waals surface area contributed by atoms with Gasteiger partial charge in [-0.15, -0.1) is 0 Å². The first-order valence-corrected chi connectivity index (χ1v) is 7.11. The van der Waals surface area contributed by atoms with E-state index in [1.807, 2.05) is 26.0 Å². The fraction of sp³-hybridized carbons (Fsp3) is 0.625. The smallest absolute Gasteiger partial charge is 0.0914 e. The van der Waals surface area contributed by atoms with E-state index in [0.717, 1.165) is 12.1 Å². The molecule has 0 spiro atoms. The summed E-state index contributed by atoms with van der Waals surface area (Å²) in [7, 11) is 0. The second kappa shape index (κ2) is 8.31. The number of nitrogens with one attached hydrogen (secondary N) is 1. The molecule has 19 heavy (non-hydrogen) atoms. The molecular formula is C16H27NO2. The van der Waals surface area contributed by atoms with Gasteiger partial charge in [0.2, 0.25) is 0 Å². The Morgan fingerprint density at radius 2 is 1.63 bits per heavy atom. The lowest BCUT2D eigenvalue weighted by molar-refractivity contribution is 0.0781. The minimum absolute atomic E-state index is 0.260. The van der Waals surface area contributed by atoms with Crippen molar-refractivity contribution in [1.82, 2.24) is 5.32 Å². The minimum atomic E-state index is -0.458. The summed E-state index contributed by atoms with van der Waals surface area (Å²) in [4.78, 5) is 0. The molecule has 0 saturated carbocycles. The van der Waals surface area contributed by atoms with Gasteiger partial charge < -0.3 is 15.2 Å². The number of hydrogen-bond acceptors (Lipinski definition) is 3. The van der Waals surface area contributed by atoms with Crippen LogP contribution in [0.1, 0.15) is 50.8 Å². The van der Waals surface area contributed by atoms with Crippen LogP contribution in [-0.2, 0) is 4.74 Å². The van der Waals surface area contributed by atoms with E-state index in [2.05, 4.69) is 31.3 Å². The highest BCUT2D eigenvalue weighted by molar-refractivity contribution is 5.26. The molecule has 0 aliphatic heterocycles. The van der Waals surface area contributed by atoms with Crippen LogP contribution in [-0.4, -0.2) is 30.9 Å². The van der Waals surface area contributed by atoms with Crippen molar-refractivity contribution in [2.24, 2.45) is 0 Å². The summed E-state index contributed by atoms with van der Waals surface area (Å²) in [6.45, 7) is 10.4.